The van der Waals surface area contributed by atoms with Crippen molar-refractivity contribution in [1.29, 1.82) is 0 Å². The average Bonchev–Trinajstić information content (AvgIpc) is 2.40. The Bertz CT molecular complexity index is 513. The number of hydrogen-bond donors (Lipinski definition) is 2. The van der Waals surface area contributed by atoms with E-state index in [1.165, 1.54) is 6.20 Å². The highest BCUT2D eigenvalue weighted by molar-refractivity contribution is 5.92. The van der Waals surface area contributed by atoms with E-state index in [-0.39, 0.29) is 18.3 Å². The van der Waals surface area contributed by atoms with Crippen molar-refractivity contribution in [3.8, 4) is 11.3 Å². The number of nitrogens with zero attached hydrogens (tertiary/aromatic N) is 2. The van der Waals surface area contributed by atoms with Crippen LogP contribution in [0.15, 0.2) is 42.7 Å². The smallest absolute Gasteiger partial charge is 0.272 e. The minimum atomic E-state index is -0.321. The van der Waals surface area contributed by atoms with E-state index in [1.54, 1.807) is 6.20 Å². The van der Waals surface area contributed by atoms with Crippen LogP contribution in [0, 0.1) is 0 Å². The standard InChI is InChI=1S/C12H12N4O/c13-8-15-12(17)11-7-14-6-10(16-11)9-4-2-1-3-5-9/h1-7H,8,13H2,(H,15,17). The predicted octanol–water partition coefficient (Wildman–Crippen LogP) is 0.790. The molecule has 3 N–H and O–H groups in total. The van der Waals surface area contributed by atoms with Gasteiger partial charge in [-0.1, -0.05) is 30.3 Å². The summed E-state index contributed by atoms with van der Waals surface area (Å²) in [6, 6.07) is 9.55. The first-order valence-corrected chi connectivity index (χ1v) is 5.17. The molecule has 86 valence electrons. The van der Waals surface area contributed by atoms with Crippen molar-refractivity contribution in [3.05, 3.63) is 48.4 Å². The van der Waals surface area contributed by atoms with Gasteiger partial charge in [0.2, 0.25) is 0 Å². The molecule has 0 aliphatic heterocycles. The summed E-state index contributed by atoms with van der Waals surface area (Å²) < 4.78 is 0. The maximum absolute atomic E-state index is 11.5. The topological polar surface area (TPSA) is 80.9 Å². The lowest BCUT2D eigenvalue weighted by Gasteiger charge is -2.03. The Hall–Kier alpha value is -2.27. The predicted molar refractivity (Wildman–Crippen MR) is 64.0 cm³/mol. The van der Waals surface area contributed by atoms with E-state index in [4.69, 9.17) is 5.73 Å². The molecule has 17 heavy (non-hydrogen) atoms. The minimum Gasteiger partial charge on any atom is -0.338 e. The third-order valence-corrected chi connectivity index (χ3v) is 2.20. The normalized spacial score (nSPS) is 9.94. The molecule has 1 amide bonds. The maximum Gasteiger partial charge on any atom is 0.272 e. The van der Waals surface area contributed by atoms with Crippen molar-refractivity contribution in [1.82, 2.24) is 15.3 Å². The van der Waals surface area contributed by atoms with Gasteiger partial charge in [-0.3, -0.25) is 9.78 Å². The van der Waals surface area contributed by atoms with Crippen LogP contribution in [-0.2, 0) is 0 Å². The van der Waals surface area contributed by atoms with Crippen molar-refractivity contribution >= 4 is 5.91 Å². The van der Waals surface area contributed by atoms with Crippen LogP contribution in [0.25, 0.3) is 11.3 Å². The molecule has 5 nitrogen and oxygen atoms in total. The Morgan fingerprint density at radius 1 is 1.24 bits per heavy atom. The van der Waals surface area contributed by atoms with Gasteiger partial charge in [0, 0.05) is 5.56 Å². The van der Waals surface area contributed by atoms with Gasteiger partial charge in [-0.05, 0) is 0 Å². The molecular weight excluding hydrogens is 216 g/mol. The third-order valence-electron chi connectivity index (χ3n) is 2.20. The Labute approximate surface area is 98.7 Å². The molecule has 0 unspecified atom stereocenters. The van der Waals surface area contributed by atoms with Gasteiger partial charge in [0.25, 0.3) is 5.91 Å². The van der Waals surface area contributed by atoms with Crippen molar-refractivity contribution < 1.29 is 4.79 Å². The Morgan fingerprint density at radius 3 is 2.71 bits per heavy atom. The largest absolute Gasteiger partial charge is 0.338 e. The number of aromatic nitrogens is 2. The zero-order chi connectivity index (χ0) is 12.1. The molecule has 0 fully saturated rings. The van der Waals surface area contributed by atoms with Gasteiger partial charge in [0.05, 0.1) is 24.8 Å². The number of carbonyl (C=O) groups is 1. The summed E-state index contributed by atoms with van der Waals surface area (Å²) >= 11 is 0. The monoisotopic (exact) mass is 228 g/mol. The number of nitrogens with two attached hydrogens (primary N) is 1. The Kier molecular flexibility index (Phi) is 3.42. The van der Waals surface area contributed by atoms with E-state index in [1.807, 2.05) is 30.3 Å². The van der Waals surface area contributed by atoms with Crippen molar-refractivity contribution in [2.45, 2.75) is 0 Å². The number of rotatable bonds is 3. The molecule has 0 saturated heterocycles. The summed E-state index contributed by atoms with van der Waals surface area (Å²) in [4.78, 5) is 19.8. The molecule has 0 atom stereocenters. The molecule has 0 radical (unpaired) electrons. The second-order valence-electron chi connectivity index (χ2n) is 3.37. The summed E-state index contributed by atoms with van der Waals surface area (Å²) in [5, 5.41) is 2.48. The molecule has 2 aromatic rings. The average molecular weight is 228 g/mol. The molecule has 2 rings (SSSR count). The van der Waals surface area contributed by atoms with Crippen molar-refractivity contribution in [2.24, 2.45) is 5.73 Å². The number of benzene rings is 1. The van der Waals surface area contributed by atoms with Crippen LogP contribution >= 0.6 is 0 Å². The quantitative estimate of drug-likeness (QED) is 0.761. The summed E-state index contributed by atoms with van der Waals surface area (Å²) in [5.41, 5.74) is 7.08. The molecule has 5 heteroatoms. The van der Waals surface area contributed by atoms with Crippen LogP contribution in [0.5, 0.6) is 0 Å². The highest BCUT2D eigenvalue weighted by Gasteiger charge is 2.08. The second-order valence-corrected chi connectivity index (χ2v) is 3.37. The van der Waals surface area contributed by atoms with Crippen molar-refractivity contribution in [3.63, 3.8) is 0 Å². The SMILES string of the molecule is NCNC(=O)c1cncc(-c2ccccc2)n1. The summed E-state index contributed by atoms with van der Waals surface area (Å²) in [5.74, 6) is -0.321. The Morgan fingerprint density at radius 2 is 2.00 bits per heavy atom. The molecule has 0 aliphatic carbocycles. The summed E-state index contributed by atoms with van der Waals surface area (Å²) in [7, 11) is 0. The molecular formula is C12H12N4O. The van der Waals surface area contributed by atoms with Crippen LogP contribution in [0.1, 0.15) is 10.5 Å². The van der Waals surface area contributed by atoms with Crippen LogP contribution in [-0.4, -0.2) is 22.5 Å². The van der Waals surface area contributed by atoms with Gasteiger partial charge in [0.15, 0.2) is 0 Å². The maximum atomic E-state index is 11.5. The van der Waals surface area contributed by atoms with E-state index in [9.17, 15) is 4.79 Å². The minimum absolute atomic E-state index is 0.0794. The van der Waals surface area contributed by atoms with Gasteiger partial charge in [-0.2, -0.15) is 0 Å². The van der Waals surface area contributed by atoms with E-state index in [0.29, 0.717) is 5.69 Å². The first kappa shape index (κ1) is 11.2. The van der Waals surface area contributed by atoms with Gasteiger partial charge in [-0.25, -0.2) is 4.98 Å². The lowest BCUT2D eigenvalue weighted by atomic mass is 10.1. The van der Waals surface area contributed by atoms with Gasteiger partial charge < -0.3 is 11.1 Å². The second kappa shape index (κ2) is 5.18. The lowest BCUT2D eigenvalue weighted by molar-refractivity contribution is 0.0949. The first-order chi connectivity index (χ1) is 8.31. The van der Waals surface area contributed by atoms with Gasteiger partial charge in [-0.15, -0.1) is 0 Å². The lowest BCUT2D eigenvalue weighted by Crippen LogP contribution is -2.30. The number of amides is 1. The molecule has 1 aromatic heterocycles. The highest BCUT2D eigenvalue weighted by atomic mass is 16.1. The first-order valence-electron chi connectivity index (χ1n) is 5.17. The van der Waals surface area contributed by atoms with E-state index in [2.05, 4.69) is 15.3 Å². The summed E-state index contributed by atoms with van der Waals surface area (Å²) in [6.45, 7) is 0.0794. The zero-order valence-corrected chi connectivity index (χ0v) is 9.13. The van der Waals surface area contributed by atoms with E-state index < -0.39 is 0 Å². The van der Waals surface area contributed by atoms with Gasteiger partial charge >= 0.3 is 0 Å². The molecule has 1 aromatic carbocycles. The van der Waals surface area contributed by atoms with E-state index in [0.717, 1.165) is 5.56 Å². The van der Waals surface area contributed by atoms with Crippen LogP contribution in [0.2, 0.25) is 0 Å². The van der Waals surface area contributed by atoms with Crippen LogP contribution < -0.4 is 11.1 Å². The Balaban J connectivity index is 2.32. The van der Waals surface area contributed by atoms with Crippen LogP contribution in [0.4, 0.5) is 0 Å². The zero-order valence-electron chi connectivity index (χ0n) is 9.13. The molecule has 0 saturated carbocycles. The molecule has 0 spiro atoms. The fraction of sp³-hybridized carbons (Fsp3) is 0.0833. The third kappa shape index (κ3) is 2.64. The number of carbonyl (C=O) groups excluding carboxylic acids is 1. The van der Waals surface area contributed by atoms with Crippen molar-refractivity contribution in [2.75, 3.05) is 6.67 Å². The molecule has 1 heterocycles. The highest BCUT2D eigenvalue weighted by Crippen LogP contribution is 2.14. The molecule has 0 aliphatic rings. The number of nitrogens with one attached hydrogen (secondary N) is 1. The van der Waals surface area contributed by atoms with Crippen LogP contribution in [0.3, 0.4) is 0 Å². The fourth-order valence-electron chi connectivity index (χ4n) is 1.41. The fourth-order valence-corrected chi connectivity index (χ4v) is 1.41. The number of hydrogen-bond acceptors (Lipinski definition) is 4. The molecule has 0 bridgehead atoms. The van der Waals surface area contributed by atoms with E-state index >= 15 is 0 Å². The summed E-state index contributed by atoms with van der Waals surface area (Å²) in [6.07, 6.45) is 3.03. The van der Waals surface area contributed by atoms with Gasteiger partial charge in [0.1, 0.15) is 5.69 Å².